The van der Waals surface area contributed by atoms with Crippen molar-refractivity contribution in [3.63, 3.8) is 0 Å². The van der Waals surface area contributed by atoms with Crippen LogP contribution in [-0.4, -0.2) is 58.5 Å². The van der Waals surface area contributed by atoms with Gasteiger partial charge in [0.05, 0.1) is 12.1 Å². The highest BCUT2D eigenvalue weighted by atomic mass is 16.3. The molecule has 112 valence electrons. The summed E-state index contributed by atoms with van der Waals surface area (Å²) in [6.45, 7) is 2.24. The number of fused-ring (bicyclic) bond motifs is 1. The van der Waals surface area contributed by atoms with Gasteiger partial charge in [0.25, 0.3) is 0 Å². The molecule has 0 aromatic rings. The highest BCUT2D eigenvalue weighted by molar-refractivity contribution is 5.86. The molecule has 1 saturated carbocycles. The van der Waals surface area contributed by atoms with E-state index in [1.54, 1.807) is 4.90 Å². The van der Waals surface area contributed by atoms with Gasteiger partial charge >= 0.3 is 0 Å². The fraction of sp³-hybridized carbons (Fsp3) is 0.867. The summed E-state index contributed by atoms with van der Waals surface area (Å²) >= 11 is 0. The first-order valence-corrected chi connectivity index (χ1v) is 7.86. The Morgan fingerprint density at radius 2 is 2.10 bits per heavy atom. The van der Waals surface area contributed by atoms with E-state index in [2.05, 4.69) is 0 Å². The first kappa shape index (κ1) is 13.9. The number of hydrogen-bond acceptors (Lipinski definition) is 3. The lowest BCUT2D eigenvalue weighted by atomic mass is 9.71. The summed E-state index contributed by atoms with van der Waals surface area (Å²) in [7, 11) is 0. The van der Waals surface area contributed by atoms with Gasteiger partial charge < -0.3 is 14.9 Å². The molecule has 5 nitrogen and oxygen atoms in total. The molecule has 1 aliphatic carbocycles. The number of carbonyl (C=O) groups excluding carboxylic acids is 2. The summed E-state index contributed by atoms with van der Waals surface area (Å²) in [6.07, 6.45) is 6.29. The van der Waals surface area contributed by atoms with Gasteiger partial charge in [-0.05, 0) is 25.7 Å². The molecule has 2 atom stereocenters. The first-order chi connectivity index (χ1) is 9.58. The normalized spacial score (nSPS) is 34.2. The van der Waals surface area contributed by atoms with Gasteiger partial charge in [-0.3, -0.25) is 9.59 Å². The minimum atomic E-state index is -0.543. The quantitative estimate of drug-likeness (QED) is 0.812. The molecule has 20 heavy (non-hydrogen) atoms. The molecule has 2 aliphatic heterocycles. The molecule has 3 aliphatic rings. The molecular weight excluding hydrogens is 256 g/mol. The Bertz CT molecular complexity index is 412. The minimum absolute atomic E-state index is 0.0490. The number of amides is 2. The van der Waals surface area contributed by atoms with Gasteiger partial charge in [0, 0.05) is 32.0 Å². The molecule has 2 heterocycles. The Labute approximate surface area is 119 Å². The fourth-order valence-electron chi connectivity index (χ4n) is 3.93. The summed E-state index contributed by atoms with van der Waals surface area (Å²) in [5, 5.41) is 10.6. The van der Waals surface area contributed by atoms with Crippen LogP contribution in [0.4, 0.5) is 0 Å². The molecule has 0 aromatic carbocycles. The van der Waals surface area contributed by atoms with Crippen molar-refractivity contribution in [2.75, 3.05) is 26.2 Å². The lowest BCUT2D eigenvalue weighted by Crippen LogP contribution is -2.56. The average Bonchev–Trinajstić information content (AvgIpc) is 2.83. The van der Waals surface area contributed by atoms with Crippen LogP contribution in [0.5, 0.6) is 0 Å². The maximum Gasteiger partial charge on any atom is 0.242 e. The van der Waals surface area contributed by atoms with Gasteiger partial charge in [0.1, 0.15) is 0 Å². The van der Waals surface area contributed by atoms with Crippen LogP contribution >= 0.6 is 0 Å². The van der Waals surface area contributed by atoms with E-state index in [1.807, 2.05) is 4.90 Å². The van der Waals surface area contributed by atoms with Gasteiger partial charge in [-0.2, -0.15) is 0 Å². The predicted octanol–water partition coefficient (Wildman–Crippen LogP) is 0.762. The van der Waals surface area contributed by atoms with E-state index >= 15 is 0 Å². The smallest absolute Gasteiger partial charge is 0.242 e. The molecule has 2 unspecified atom stereocenters. The van der Waals surface area contributed by atoms with E-state index in [9.17, 15) is 14.7 Å². The molecule has 1 N–H and O–H groups in total. The van der Waals surface area contributed by atoms with E-state index in [4.69, 9.17) is 0 Å². The van der Waals surface area contributed by atoms with Crippen LogP contribution < -0.4 is 0 Å². The van der Waals surface area contributed by atoms with Crippen LogP contribution in [0.25, 0.3) is 0 Å². The lowest BCUT2D eigenvalue weighted by molar-refractivity contribution is -0.147. The predicted molar refractivity (Wildman–Crippen MR) is 73.9 cm³/mol. The lowest BCUT2D eigenvalue weighted by Gasteiger charge is -2.47. The third kappa shape index (κ3) is 2.55. The molecule has 0 aromatic heterocycles. The van der Waals surface area contributed by atoms with Crippen LogP contribution in [-0.2, 0) is 9.59 Å². The monoisotopic (exact) mass is 280 g/mol. The van der Waals surface area contributed by atoms with Crippen molar-refractivity contribution in [1.29, 1.82) is 0 Å². The second-order valence-corrected chi connectivity index (χ2v) is 6.55. The topological polar surface area (TPSA) is 60.9 Å². The Balaban J connectivity index is 1.58. The van der Waals surface area contributed by atoms with Crippen molar-refractivity contribution < 1.29 is 14.7 Å². The second kappa shape index (κ2) is 5.35. The average molecular weight is 280 g/mol. The highest BCUT2D eigenvalue weighted by Gasteiger charge is 2.43. The molecular formula is C15H24N2O3. The third-order valence-corrected chi connectivity index (χ3v) is 5.28. The molecule has 0 radical (unpaired) electrons. The van der Waals surface area contributed by atoms with Crippen LogP contribution in [0, 0.1) is 5.92 Å². The van der Waals surface area contributed by atoms with Crippen molar-refractivity contribution in [3.05, 3.63) is 0 Å². The van der Waals surface area contributed by atoms with Crippen molar-refractivity contribution in [1.82, 2.24) is 9.80 Å². The first-order valence-electron chi connectivity index (χ1n) is 7.86. The van der Waals surface area contributed by atoms with Gasteiger partial charge in [-0.25, -0.2) is 0 Å². The van der Waals surface area contributed by atoms with Crippen molar-refractivity contribution >= 4 is 11.8 Å². The van der Waals surface area contributed by atoms with Crippen LogP contribution in [0.3, 0.4) is 0 Å². The van der Waals surface area contributed by atoms with E-state index in [-0.39, 0.29) is 24.3 Å². The molecule has 5 heteroatoms. The zero-order valence-electron chi connectivity index (χ0n) is 12.0. The maximum atomic E-state index is 12.3. The summed E-state index contributed by atoms with van der Waals surface area (Å²) < 4.78 is 0. The van der Waals surface area contributed by atoms with Gasteiger partial charge in [0.15, 0.2) is 0 Å². The van der Waals surface area contributed by atoms with E-state index in [0.717, 1.165) is 32.1 Å². The van der Waals surface area contributed by atoms with Crippen LogP contribution in [0.2, 0.25) is 0 Å². The molecule has 3 rings (SSSR count). The third-order valence-electron chi connectivity index (χ3n) is 5.28. The zero-order valence-corrected chi connectivity index (χ0v) is 12.0. The number of likely N-dealkylation sites (tertiary alicyclic amines) is 2. The Kier molecular flexibility index (Phi) is 3.71. The molecule has 0 spiro atoms. The number of carbonyl (C=O) groups is 2. The molecule has 2 amide bonds. The van der Waals surface area contributed by atoms with Crippen LogP contribution in [0.15, 0.2) is 0 Å². The van der Waals surface area contributed by atoms with E-state index in [0.29, 0.717) is 32.5 Å². The summed E-state index contributed by atoms with van der Waals surface area (Å²) in [6, 6.07) is 0. The van der Waals surface area contributed by atoms with Gasteiger partial charge in [-0.1, -0.05) is 12.8 Å². The van der Waals surface area contributed by atoms with Crippen molar-refractivity contribution in [2.24, 2.45) is 5.92 Å². The largest absolute Gasteiger partial charge is 0.389 e. The Morgan fingerprint density at radius 1 is 1.25 bits per heavy atom. The van der Waals surface area contributed by atoms with Crippen molar-refractivity contribution in [2.45, 2.75) is 50.5 Å². The fourth-order valence-corrected chi connectivity index (χ4v) is 3.93. The summed E-state index contributed by atoms with van der Waals surface area (Å²) in [5.74, 6) is 0.376. The minimum Gasteiger partial charge on any atom is -0.389 e. The SMILES string of the molecule is O=C1CCCN1CC(=O)N1CCC2(O)CCCCC2C1. The second-order valence-electron chi connectivity index (χ2n) is 6.55. The van der Waals surface area contributed by atoms with Crippen molar-refractivity contribution in [3.8, 4) is 0 Å². The van der Waals surface area contributed by atoms with Gasteiger partial charge in [0.2, 0.25) is 11.8 Å². The standard InChI is InChI=1S/C15H24N2O3/c18-13-5-3-8-16(13)11-14(19)17-9-7-15(20)6-2-1-4-12(15)10-17/h12,20H,1-11H2. The zero-order chi connectivity index (χ0) is 14.2. The van der Waals surface area contributed by atoms with Gasteiger partial charge in [-0.15, -0.1) is 0 Å². The molecule has 2 saturated heterocycles. The Morgan fingerprint density at radius 3 is 2.85 bits per heavy atom. The number of nitrogens with zero attached hydrogens (tertiary/aromatic N) is 2. The summed E-state index contributed by atoms with van der Waals surface area (Å²) in [5.41, 5.74) is -0.543. The van der Waals surface area contributed by atoms with E-state index < -0.39 is 5.60 Å². The molecule has 0 bridgehead atoms. The van der Waals surface area contributed by atoms with E-state index in [1.165, 1.54) is 0 Å². The number of piperidine rings is 1. The highest BCUT2D eigenvalue weighted by Crippen LogP contribution is 2.39. The van der Waals surface area contributed by atoms with Crippen LogP contribution in [0.1, 0.15) is 44.9 Å². The number of hydrogen-bond donors (Lipinski definition) is 1. The number of aliphatic hydroxyl groups is 1. The number of rotatable bonds is 2. The summed E-state index contributed by atoms with van der Waals surface area (Å²) in [4.78, 5) is 27.4. The molecule has 3 fully saturated rings. The maximum absolute atomic E-state index is 12.3. The Hall–Kier alpha value is -1.10.